The molecule has 5 N–H and O–H groups in total. The van der Waals surface area contributed by atoms with Crippen LogP contribution in [0.2, 0.25) is 0 Å². The predicted octanol–water partition coefficient (Wildman–Crippen LogP) is 5.57. The van der Waals surface area contributed by atoms with Crippen molar-refractivity contribution in [3.8, 4) is 0 Å². The zero-order chi connectivity index (χ0) is 32.4. The van der Waals surface area contributed by atoms with Crippen molar-refractivity contribution in [1.29, 1.82) is 0 Å². The van der Waals surface area contributed by atoms with Crippen LogP contribution in [0.25, 0.3) is 0 Å². The van der Waals surface area contributed by atoms with Gasteiger partial charge in [-0.1, -0.05) is 103 Å². The highest BCUT2D eigenvalue weighted by molar-refractivity contribution is 6.00. The van der Waals surface area contributed by atoms with Gasteiger partial charge < -0.3 is 25.5 Å². The summed E-state index contributed by atoms with van der Waals surface area (Å²) in [5.41, 5.74) is 1.62. The molecule has 0 aromatic carbocycles. The number of carbonyl (C=O) groups is 3. The van der Waals surface area contributed by atoms with E-state index in [1.807, 2.05) is 19.9 Å². The lowest BCUT2D eigenvalue weighted by molar-refractivity contribution is -0.156. The highest BCUT2D eigenvalue weighted by Crippen LogP contribution is 2.23. The fraction of sp³-hybridized carbons (Fsp3) is 0.735. The number of aliphatic hydroxyl groups is 4. The first-order valence-electron chi connectivity index (χ1n) is 15.7. The molecule has 0 saturated heterocycles. The molecular formula is C34H58O8. The third-order valence-electron chi connectivity index (χ3n) is 8.09. The van der Waals surface area contributed by atoms with Crippen molar-refractivity contribution in [2.24, 2.45) is 23.7 Å². The molecule has 0 aliphatic rings. The number of carbonyl (C=O) groups excluding carboxylic acids is 2. The number of rotatable bonds is 23. The molecule has 0 radical (unpaired) electrons. The molecule has 242 valence electrons. The van der Waals surface area contributed by atoms with Gasteiger partial charge in [-0.2, -0.15) is 0 Å². The van der Waals surface area contributed by atoms with E-state index in [9.17, 15) is 34.8 Å². The van der Waals surface area contributed by atoms with Crippen molar-refractivity contribution in [3.05, 3.63) is 34.9 Å². The van der Waals surface area contributed by atoms with Crippen LogP contribution in [0.1, 0.15) is 113 Å². The first kappa shape index (κ1) is 39.9. The maximum absolute atomic E-state index is 13.0. The second-order valence-electron chi connectivity index (χ2n) is 12.2. The van der Waals surface area contributed by atoms with Gasteiger partial charge >= 0.3 is 5.97 Å². The number of Topliss-reactive ketones (excluding diaryl/α,β-unsaturated/α-hetero) is 2. The Morgan fingerprint density at radius 2 is 1.31 bits per heavy atom. The summed E-state index contributed by atoms with van der Waals surface area (Å²) >= 11 is 0. The lowest BCUT2D eigenvalue weighted by Gasteiger charge is -2.23. The second-order valence-corrected chi connectivity index (χ2v) is 12.2. The Kier molecular flexibility index (Phi) is 20.4. The zero-order valence-corrected chi connectivity index (χ0v) is 27.0. The lowest BCUT2D eigenvalue weighted by Crippen LogP contribution is -2.41. The quantitative estimate of drug-likeness (QED) is 0.0585. The van der Waals surface area contributed by atoms with E-state index in [1.165, 1.54) is 57.9 Å². The summed E-state index contributed by atoms with van der Waals surface area (Å²) in [5, 5.41) is 48.7. The fourth-order valence-electron chi connectivity index (χ4n) is 5.26. The summed E-state index contributed by atoms with van der Waals surface area (Å²) in [4.78, 5) is 36.5. The van der Waals surface area contributed by atoms with Crippen molar-refractivity contribution in [2.45, 2.75) is 131 Å². The molecule has 0 amide bonds. The van der Waals surface area contributed by atoms with E-state index in [4.69, 9.17) is 5.11 Å². The molecule has 0 aliphatic carbocycles. The van der Waals surface area contributed by atoms with Gasteiger partial charge in [0, 0.05) is 30.8 Å². The van der Waals surface area contributed by atoms with Gasteiger partial charge in [0.25, 0.3) is 0 Å². The van der Waals surface area contributed by atoms with Crippen LogP contribution >= 0.6 is 0 Å². The number of carboxylic acid groups (broad SMARTS) is 1. The van der Waals surface area contributed by atoms with Crippen LogP contribution in [0.3, 0.4) is 0 Å². The van der Waals surface area contributed by atoms with E-state index in [1.54, 1.807) is 19.9 Å². The standard InChI is InChI=1S/C34H58O8/c1-8-9-10-11-12-13-14-15-16-23(3)30(37)25(5)17-22(2)18-26(6)31(38)27(7)19-24(4)29(36)20-28(21-35)32(39)33(40)34(41)42/h17-19,23,25,27-28,30,32-33,35,37,39-40H,8-16,20-21H2,1-7H3,(H,41,42)/b22-17+,24-19+,26-18+/t23-,25-,27+,28+,30+,32+,33-/m0/s1. The molecule has 0 aromatic rings. The summed E-state index contributed by atoms with van der Waals surface area (Å²) in [5.74, 6) is -3.95. The van der Waals surface area contributed by atoms with E-state index >= 15 is 0 Å². The predicted molar refractivity (Wildman–Crippen MR) is 167 cm³/mol. The number of ketones is 2. The maximum atomic E-state index is 13.0. The number of hydrogen-bond donors (Lipinski definition) is 5. The Bertz CT molecular complexity index is 919. The average molecular weight is 595 g/mol. The summed E-state index contributed by atoms with van der Waals surface area (Å²) in [6.07, 6.45) is 11.6. The summed E-state index contributed by atoms with van der Waals surface area (Å²) in [6.45, 7) is 12.4. The molecule has 0 heterocycles. The van der Waals surface area contributed by atoms with Crippen LogP contribution in [0.5, 0.6) is 0 Å². The molecule has 0 rings (SSSR count). The number of aliphatic carboxylic acids is 1. The van der Waals surface area contributed by atoms with E-state index in [0.717, 1.165) is 18.4 Å². The van der Waals surface area contributed by atoms with Crippen LogP contribution in [0.4, 0.5) is 0 Å². The average Bonchev–Trinajstić information content (AvgIpc) is 2.94. The molecule has 42 heavy (non-hydrogen) atoms. The Morgan fingerprint density at radius 3 is 1.83 bits per heavy atom. The number of unbranched alkanes of at least 4 members (excludes halogenated alkanes) is 7. The van der Waals surface area contributed by atoms with E-state index in [0.29, 0.717) is 5.57 Å². The Balaban J connectivity index is 5.02. The molecule has 0 aliphatic heterocycles. The largest absolute Gasteiger partial charge is 0.479 e. The second kappa shape index (κ2) is 21.5. The minimum Gasteiger partial charge on any atom is -0.479 e. The molecule has 0 unspecified atom stereocenters. The molecule has 0 saturated carbocycles. The molecule has 0 fully saturated rings. The zero-order valence-electron chi connectivity index (χ0n) is 27.0. The topological polar surface area (TPSA) is 152 Å². The molecule has 7 atom stereocenters. The monoisotopic (exact) mass is 594 g/mol. The van der Waals surface area contributed by atoms with Gasteiger partial charge in [-0.05, 0) is 44.3 Å². The van der Waals surface area contributed by atoms with Gasteiger partial charge in [0.05, 0.1) is 12.2 Å². The van der Waals surface area contributed by atoms with Crippen LogP contribution in [0, 0.1) is 23.7 Å². The summed E-state index contributed by atoms with van der Waals surface area (Å²) in [7, 11) is 0. The SMILES string of the molecule is CCCCCCCCCC[C@H](C)[C@@H](O)[C@@H](C)/C=C(C)/C=C(\C)C(=O)[C@H](C)/C=C(\C)C(=O)C[C@H](CO)[C@@H](O)[C@H](O)C(=O)O. The van der Waals surface area contributed by atoms with Gasteiger partial charge in [0.2, 0.25) is 0 Å². The summed E-state index contributed by atoms with van der Waals surface area (Å²) in [6, 6.07) is 0. The Labute approximate surface area is 253 Å². The van der Waals surface area contributed by atoms with Gasteiger partial charge in [-0.3, -0.25) is 9.59 Å². The van der Waals surface area contributed by atoms with Crippen LogP contribution in [0.15, 0.2) is 34.9 Å². The number of aliphatic hydroxyl groups excluding tert-OH is 4. The first-order valence-corrected chi connectivity index (χ1v) is 15.7. The Morgan fingerprint density at radius 1 is 0.762 bits per heavy atom. The summed E-state index contributed by atoms with van der Waals surface area (Å²) < 4.78 is 0. The fourth-order valence-corrected chi connectivity index (χ4v) is 5.26. The maximum Gasteiger partial charge on any atom is 0.335 e. The van der Waals surface area contributed by atoms with Gasteiger partial charge in [0.15, 0.2) is 17.7 Å². The van der Waals surface area contributed by atoms with E-state index in [2.05, 4.69) is 13.8 Å². The minimum absolute atomic E-state index is 0.0696. The third-order valence-corrected chi connectivity index (χ3v) is 8.09. The van der Waals surface area contributed by atoms with Crippen molar-refractivity contribution < 1.29 is 39.9 Å². The number of carboxylic acids is 1. The Hall–Kier alpha value is -2.13. The van der Waals surface area contributed by atoms with Crippen molar-refractivity contribution in [2.75, 3.05) is 6.61 Å². The van der Waals surface area contributed by atoms with Crippen LogP contribution in [-0.4, -0.2) is 68.0 Å². The molecule has 0 aromatic heterocycles. The van der Waals surface area contributed by atoms with Crippen LogP contribution < -0.4 is 0 Å². The molecule has 0 spiro atoms. The van der Waals surface area contributed by atoms with Gasteiger partial charge in [0.1, 0.15) is 0 Å². The first-order chi connectivity index (χ1) is 19.7. The molecule has 8 nitrogen and oxygen atoms in total. The molecule has 8 heteroatoms. The number of allylic oxidation sites excluding steroid dienone is 5. The van der Waals surface area contributed by atoms with Crippen molar-refractivity contribution in [3.63, 3.8) is 0 Å². The third kappa shape index (κ3) is 15.4. The van der Waals surface area contributed by atoms with E-state index in [-0.39, 0.29) is 29.6 Å². The van der Waals surface area contributed by atoms with Crippen LogP contribution in [-0.2, 0) is 14.4 Å². The number of hydrogen-bond acceptors (Lipinski definition) is 7. The minimum atomic E-state index is -2.12. The van der Waals surface area contributed by atoms with Gasteiger partial charge in [-0.25, -0.2) is 4.79 Å². The van der Waals surface area contributed by atoms with Crippen molar-refractivity contribution >= 4 is 17.5 Å². The highest BCUT2D eigenvalue weighted by Gasteiger charge is 2.32. The normalized spacial score (nSPS) is 18.1. The lowest BCUT2D eigenvalue weighted by atomic mass is 9.87. The van der Waals surface area contributed by atoms with E-state index < -0.39 is 48.5 Å². The molecular weight excluding hydrogens is 536 g/mol. The highest BCUT2D eigenvalue weighted by atomic mass is 16.4. The van der Waals surface area contributed by atoms with Gasteiger partial charge in [-0.15, -0.1) is 0 Å². The smallest absolute Gasteiger partial charge is 0.335 e. The van der Waals surface area contributed by atoms with Crippen molar-refractivity contribution in [1.82, 2.24) is 0 Å². The molecule has 0 bridgehead atoms.